The first-order valence-corrected chi connectivity index (χ1v) is 0. The van der Waals surface area contributed by atoms with Crippen LogP contribution in [0.3, 0.4) is 0 Å². The van der Waals surface area contributed by atoms with Crippen LogP contribution in [0.1, 0.15) is 7.43 Å². The molecule has 0 aliphatic rings. The fourth-order valence-corrected chi connectivity index (χ4v) is 0. The molecule has 0 radical (unpaired) electrons. The molecule has 0 saturated carbocycles. The minimum atomic E-state index is 0. The fourth-order valence-electron chi connectivity index (χ4n) is 0. The molecule has 0 heterocycles. The summed E-state index contributed by atoms with van der Waals surface area (Å²) in [5, 5.41) is 0. The van der Waals surface area contributed by atoms with Gasteiger partial charge in [-0.15, -0.1) is 0 Å². The molecule has 0 aliphatic heterocycles. The van der Waals surface area contributed by atoms with Crippen molar-refractivity contribution in [3.63, 3.8) is 0 Å². The second-order valence-electron chi connectivity index (χ2n) is 0. The molecule has 5 heavy (non-hydrogen) atoms. The van der Waals surface area contributed by atoms with Crippen LogP contribution in [0.4, 0.5) is 0 Å². The molecule has 0 aliphatic carbocycles. The quantitative estimate of drug-likeness (QED) is 0.344. The van der Waals surface area contributed by atoms with Gasteiger partial charge in [-0.25, -0.2) is 0 Å². The zero-order valence-electron chi connectivity index (χ0n) is 1.91. The highest BCUT2D eigenvalue weighted by Crippen LogP contribution is 0.861. The van der Waals surface area contributed by atoms with E-state index < -0.39 is 0 Å². The maximum atomic E-state index is 0. The van der Waals surface area contributed by atoms with Crippen LogP contribution in [0.2, 0.25) is 0 Å². The van der Waals surface area contributed by atoms with Gasteiger partial charge in [-0.1, -0.05) is 7.43 Å². The van der Waals surface area contributed by atoms with Crippen molar-refractivity contribution in [1.82, 2.24) is 6.15 Å². The maximum Gasteiger partial charge on any atom is 0.0814 e. The SMILES string of the molecule is B.C.N.P.S. The fraction of sp³-hybridized carbons (Fsp3) is 1.00. The summed E-state index contributed by atoms with van der Waals surface area (Å²) in [6.07, 6.45) is 0. The van der Waals surface area contributed by atoms with Crippen molar-refractivity contribution in [2.75, 3.05) is 0 Å². The molecular formula is CH15BNPS. The van der Waals surface area contributed by atoms with Gasteiger partial charge in [-0.2, -0.15) is 23.4 Å². The monoisotopic (exact) mass is 115 g/mol. The first-order valence-electron chi connectivity index (χ1n) is 0. The molecule has 3 N–H and O–H groups in total. The van der Waals surface area contributed by atoms with E-state index in [4.69, 9.17) is 0 Å². The Morgan fingerprint density at radius 2 is 1.00 bits per heavy atom. The number of rotatable bonds is 0. The Bertz CT molecular complexity index is 11.6. The Morgan fingerprint density at radius 3 is 1.00 bits per heavy atom. The molecule has 0 saturated heterocycles. The lowest BCUT2D eigenvalue weighted by molar-refractivity contribution is 2.13. The molecule has 0 aromatic rings. The zero-order valence-corrected chi connectivity index (χ0v) is 4.33. The minimum absolute atomic E-state index is 0. The molecule has 1 atom stereocenters. The van der Waals surface area contributed by atoms with Crippen molar-refractivity contribution in [2.24, 2.45) is 0 Å². The summed E-state index contributed by atoms with van der Waals surface area (Å²) in [7, 11) is 0. The van der Waals surface area contributed by atoms with Crippen LogP contribution in [0.25, 0.3) is 0 Å². The van der Waals surface area contributed by atoms with Gasteiger partial charge in [0.2, 0.25) is 0 Å². The van der Waals surface area contributed by atoms with Gasteiger partial charge in [0.1, 0.15) is 0 Å². The molecule has 0 amide bonds. The molecule has 38 valence electrons. The summed E-state index contributed by atoms with van der Waals surface area (Å²) >= 11 is 0. The van der Waals surface area contributed by atoms with Gasteiger partial charge in [-0.05, 0) is 0 Å². The van der Waals surface area contributed by atoms with Crippen LogP contribution in [0.15, 0.2) is 0 Å². The molecule has 4 heteroatoms. The Labute approximate surface area is 46.1 Å². The van der Waals surface area contributed by atoms with Crippen LogP contribution in [0.5, 0.6) is 0 Å². The van der Waals surface area contributed by atoms with Crippen LogP contribution < -0.4 is 6.15 Å². The predicted molar refractivity (Wildman–Crippen MR) is 43.2 cm³/mol. The second-order valence-corrected chi connectivity index (χ2v) is 0. The summed E-state index contributed by atoms with van der Waals surface area (Å²) in [6.45, 7) is 0. The lowest BCUT2D eigenvalue weighted by Gasteiger charge is -0.344. The van der Waals surface area contributed by atoms with E-state index in [0.717, 1.165) is 0 Å². The van der Waals surface area contributed by atoms with E-state index in [2.05, 4.69) is 0 Å². The molecule has 0 aromatic heterocycles. The van der Waals surface area contributed by atoms with Crippen LogP contribution in [-0.4, -0.2) is 8.41 Å². The maximum absolute atomic E-state index is 0. The van der Waals surface area contributed by atoms with Gasteiger partial charge in [0.15, 0.2) is 0 Å². The molecule has 0 bridgehead atoms. The molecular weight excluding hydrogens is 99.9 g/mol. The summed E-state index contributed by atoms with van der Waals surface area (Å²) in [4.78, 5) is 0. The molecule has 0 aromatic carbocycles. The Hall–Kier alpha value is 0.805. The number of hydrogen-bond acceptors (Lipinski definition) is 1. The van der Waals surface area contributed by atoms with E-state index in [1.807, 2.05) is 0 Å². The first kappa shape index (κ1) is 207. The van der Waals surface area contributed by atoms with Gasteiger partial charge in [0, 0.05) is 0 Å². The minimum Gasteiger partial charge on any atom is -0.344 e. The van der Waals surface area contributed by atoms with Gasteiger partial charge in [0.05, 0.1) is 8.41 Å². The van der Waals surface area contributed by atoms with E-state index in [1.165, 1.54) is 0 Å². The van der Waals surface area contributed by atoms with Crippen molar-refractivity contribution >= 4 is 31.8 Å². The summed E-state index contributed by atoms with van der Waals surface area (Å²) in [5.74, 6) is 0. The van der Waals surface area contributed by atoms with Crippen molar-refractivity contribution in [3.05, 3.63) is 0 Å². The average molecular weight is 115 g/mol. The highest BCUT2D eigenvalue weighted by molar-refractivity contribution is 7.59. The molecule has 0 spiro atoms. The highest BCUT2D eigenvalue weighted by atomic mass is 32.1. The molecule has 0 rings (SSSR count). The lowest BCUT2D eigenvalue weighted by Crippen LogP contribution is -0.481. The zero-order chi connectivity index (χ0) is 0. The molecule has 1 unspecified atom stereocenters. The van der Waals surface area contributed by atoms with E-state index in [1.54, 1.807) is 0 Å². The van der Waals surface area contributed by atoms with Gasteiger partial charge in [0.25, 0.3) is 0 Å². The Kier molecular flexibility index (Phi) is 4440. The van der Waals surface area contributed by atoms with Gasteiger partial charge < -0.3 is 6.15 Å². The van der Waals surface area contributed by atoms with Crippen LogP contribution in [0, 0.1) is 0 Å². The van der Waals surface area contributed by atoms with E-state index >= 15 is 0 Å². The van der Waals surface area contributed by atoms with Gasteiger partial charge in [-0.3, -0.25) is 0 Å². The van der Waals surface area contributed by atoms with Crippen LogP contribution >= 0.6 is 23.4 Å². The predicted octanol–water partition coefficient (Wildman–Crippen LogP) is -0.215. The second kappa shape index (κ2) is 107. The van der Waals surface area contributed by atoms with Gasteiger partial charge >= 0.3 is 0 Å². The molecule has 0 fully saturated rings. The lowest BCUT2D eigenvalue weighted by atomic mass is 10.8. The summed E-state index contributed by atoms with van der Waals surface area (Å²) in [5.41, 5.74) is 0. The third-order valence-corrected chi connectivity index (χ3v) is 0. The van der Waals surface area contributed by atoms with E-state index in [-0.39, 0.29) is 45.4 Å². The topological polar surface area (TPSA) is 35.0 Å². The van der Waals surface area contributed by atoms with Crippen molar-refractivity contribution in [3.8, 4) is 0 Å². The summed E-state index contributed by atoms with van der Waals surface area (Å²) < 4.78 is 0. The third kappa shape index (κ3) is 58.3. The van der Waals surface area contributed by atoms with E-state index in [9.17, 15) is 0 Å². The highest BCUT2D eigenvalue weighted by Gasteiger charge is 0.0814. The smallest absolute Gasteiger partial charge is 0.0814 e. The van der Waals surface area contributed by atoms with Crippen molar-refractivity contribution < 1.29 is 0 Å². The summed E-state index contributed by atoms with van der Waals surface area (Å²) in [6, 6.07) is 0. The number of hydrogen-bond donors (Lipinski definition) is 1. The van der Waals surface area contributed by atoms with Crippen LogP contribution in [-0.2, 0) is 0 Å². The third-order valence-electron chi connectivity index (χ3n) is 0. The average Bonchev–Trinajstić information content (AvgIpc) is 0. The standard InChI is InChI=1S/CH4.BH3.H3N.H3P.H2S/h1H4;3*1H3;1H2. The van der Waals surface area contributed by atoms with E-state index in [0.29, 0.717) is 0 Å². The Morgan fingerprint density at radius 1 is 1.00 bits per heavy atom. The molecule has 1 nitrogen and oxygen atoms in total. The largest absolute Gasteiger partial charge is 0.344 e. The van der Waals surface area contributed by atoms with Crippen molar-refractivity contribution in [1.29, 1.82) is 0 Å². The Balaban J connectivity index is 0. The first-order chi connectivity index (χ1) is 0. The normalized spacial score (nSPS) is 0. The van der Waals surface area contributed by atoms with Crippen molar-refractivity contribution in [2.45, 2.75) is 7.43 Å².